The highest BCUT2D eigenvalue weighted by Crippen LogP contribution is 2.41. The van der Waals surface area contributed by atoms with E-state index >= 15 is 0 Å². The quantitative estimate of drug-likeness (QED) is 0.342. The lowest BCUT2D eigenvalue weighted by molar-refractivity contribution is -0.140. The highest BCUT2D eigenvalue weighted by atomic mass is 79.9. The molecule has 3 aromatic rings. The number of pyridine rings is 1. The van der Waals surface area contributed by atoms with Crippen LogP contribution >= 0.6 is 28.1 Å². The Morgan fingerprint density at radius 2 is 2.16 bits per heavy atom. The number of furan rings is 1. The third-order valence-electron chi connectivity index (χ3n) is 5.32. The first-order valence-corrected chi connectivity index (χ1v) is 11.3. The van der Waals surface area contributed by atoms with Crippen molar-refractivity contribution in [3.63, 3.8) is 0 Å². The Hall–Kier alpha value is -2.78. The van der Waals surface area contributed by atoms with Crippen molar-refractivity contribution in [3.05, 3.63) is 76.5 Å². The molecular weight excluding hydrogens is 497 g/mol. The largest absolute Gasteiger partial charge is 0.469 e. The fraction of sp³-hybridized carbons (Fsp3) is 0.261. The van der Waals surface area contributed by atoms with Crippen molar-refractivity contribution in [3.8, 4) is 11.3 Å². The Bertz CT molecular complexity index is 1120. The van der Waals surface area contributed by atoms with E-state index in [-0.39, 0.29) is 23.9 Å². The number of hydrogen-bond acceptors (Lipinski definition) is 5. The molecule has 2 atom stereocenters. The molecule has 4 rings (SSSR count). The summed E-state index contributed by atoms with van der Waals surface area (Å²) in [4.78, 5) is 18.1. The van der Waals surface area contributed by atoms with E-state index in [1.54, 1.807) is 12.3 Å². The lowest BCUT2D eigenvalue weighted by Crippen LogP contribution is -2.30. The fourth-order valence-corrected chi connectivity index (χ4v) is 4.67. The summed E-state index contributed by atoms with van der Waals surface area (Å²) >= 11 is 9.02. The first-order valence-electron chi connectivity index (χ1n) is 10.1. The first-order chi connectivity index (χ1) is 15.5. The van der Waals surface area contributed by atoms with Gasteiger partial charge in [-0.05, 0) is 77.0 Å². The summed E-state index contributed by atoms with van der Waals surface area (Å²) in [6.45, 7) is 0.547. The SMILES string of the molecule is COC(=O)CCCN1C(=S)N[C@@H](c2ccccn2)[C@H]1c1ccc(-c2ccc(F)cc2Br)o1. The molecule has 1 aliphatic rings. The molecule has 1 aromatic carbocycles. The molecule has 32 heavy (non-hydrogen) atoms. The molecule has 0 saturated carbocycles. The number of nitrogens with one attached hydrogen (secondary N) is 1. The van der Waals surface area contributed by atoms with Crippen LogP contribution in [0.15, 0.2) is 63.6 Å². The molecule has 1 fully saturated rings. The van der Waals surface area contributed by atoms with Crippen LogP contribution in [0.25, 0.3) is 11.3 Å². The maximum atomic E-state index is 13.5. The standard InChI is InChI=1S/C23H21BrFN3O3S/c1-30-20(29)6-4-12-28-22(21(27-23(28)32)17-5-2-3-11-26-17)19-10-9-18(31-19)15-8-7-14(25)13-16(15)24/h2-3,5,7-11,13,21-22H,4,6,12H2,1H3,(H,27,32)/t21-,22+/m0/s1. The second-order valence-corrected chi connectivity index (χ2v) is 8.57. The van der Waals surface area contributed by atoms with Gasteiger partial charge in [0.15, 0.2) is 5.11 Å². The molecule has 3 heterocycles. The number of aromatic nitrogens is 1. The lowest BCUT2D eigenvalue weighted by atomic mass is 10.0. The third-order valence-corrected chi connectivity index (χ3v) is 6.33. The molecule has 0 bridgehead atoms. The Morgan fingerprint density at radius 3 is 2.88 bits per heavy atom. The van der Waals surface area contributed by atoms with Gasteiger partial charge < -0.3 is 19.4 Å². The fourth-order valence-electron chi connectivity index (χ4n) is 3.80. The van der Waals surface area contributed by atoms with Gasteiger partial charge in [0, 0.05) is 29.2 Å². The van der Waals surface area contributed by atoms with Crippen molar-refractivity contribution in [2.45, 2.75) is 24.9 Å². The normalized spacial score (nSPS) is 18.0. The number of hydrogen-bond donors (Lipinski definition) is 1. The number of thiocarbonyl (C=S) groups is 1. The van der Waals surface area contributed by atoms with Gasteiger partial charge in [0.25, 0.3) is 0 Å². The molecule has 6 nitrogen and oxygen atoms in total. The van der Waals surface area contributed by atoms with E-state index in [0.29, 0.717) is 40.5 Å². The van der Waals surface area contributed by atoms with Crippen LogP contribution in [0.5, 0.6) is 0 Å². The summed E-state index contributed by atoms with van der Waals surface area (Å²) in [5, 5.41) is 3.91. The van der Waals surface area contributed by atoms with Gasteiger partial charge in [-0.15, -0.1) is 0 Å². The highest BCUT2D eigenvalue weighted by molar-refractivity contribution is 9.10. The van der Waals surface area contributed by atoms with Crippen molar-refractivity contribution in [2.24, 2.45) is 0 Å². The first kappa shape index (κ1) is 22.4. The zero-order valence-corrected chi connectivity index (χ0v) is 19.7. The van der Waals surface area contributed by atoms with Crippen molar-refractivity contribution in [1.82, 2.24) is 15.2 Å². The van der Waals surface area contributed by atoms with Crippen molar-refractivity contribution < 1.29 is 18.3 Å². The Morgan fingerprint density at radius 1 is 1.31 bits per heavy atom. The van der Waals surface area contributed by atoms with Crippen molar-refractivity contribution >= 4 is 39.2 Å². The molecule has 166 valence electrons. The molecule has 9 heteroatoms. The van der Waals surface area contributed by atoms with Crippen LogP contribution in [0.4, 0.5) is 4.39 Å². The summed E-state index contributed by atoms with van der Waals surface area (Å²) in [5.41, 5.74) is 1.58. The van der Waals surface area contributed by atoms with E-state index < -0.39 is 0 Å². The third kappa shape index (κ3) is 4.68. The van der Waals surface area contributed by atoms with Gasteiger partial charge >= 0.3 is 5.97 Å². The van der Waals surface area contributed by atoms with Crippen LogP contribution in [-0.2, 0) is 9.53 Å². The molecule has 0 unspecified atom stereocenters. The van der Waals surface area contributed by atoms with E-state index in [0.717, 1.165) is 11.3 Å². The van der Waals surface area contributed by atoms with Crippen LogP contribution in [0.1, 0.15) is 36.4 Å². The Kier molecular flexibility index (Phi) is 6.86. The number of halogens is 2. The minimum atomic E-state index is -0.329. The molecule has 1 aliphatic heterocycles. The molecule has 0 amide bonds. The molecule has 1 N–H and O–H groups in total. The smallest absolute Gasteiger partial charge is 0.305 e. The number of ether oxygens (including phenoxy) is 1. The summed E-state index contributed by atoms with van der Waals surface area (Å²) in [5.74, 6) is 0.711. The van der Waals surface area contributed by atoms with Crippen molar-refractivity contribution in [2.75, 3.05) is 13.7 Å². The second kappa shape index (κ2) is 9.79. The average Bonchev–Trinajstić information content (AvgIpc) is 3.39. The van der Waals surface area contributed by atoms with E-state index in [2.05, 4.69) is 26.2 Å². The summed E-state index contributed by atoms with van der Waals surface area (Å²) < 4.78 is 25.1. The van der Waals surface area contributed by atoms with Crippen molar-refractivity contribution in [1.29, 1.82) is 0 Å². The summed E-state index contributed by atoms with van der Waals surface area (Å²) in [7, 11) is 1.38. The van der Waals surface area contributed by atoms with Gasteiger partial charge in [-0.2, -0.15) is 0 Å². The minimum absolute atomic E-state index is 0.225. The number of esters is 1. The average molecular weight is 518 g/mol. The van der Waals surface area contributed by atoms with Crippen LogP contribution in [0.2, 0.25) is 0 Å². The molecule has 0 spiro atoms. The minimum Gasteiger partial charge on any atom is -0.469 e. The Labute approximate surface area is 198 Å². The number of benzene rings is 1. The summed E-state index contributed by atoms with van der Waals surface area (Å²) in [6, 6.07) is 13.5. The lowest BCUT2D eigenvalue weighted by Gasteiger charge is -2.25. The van der Waals surface area contributed by atoms with Gasteiger partial charge in [0.05, 0.1) is 18.8 Å². The van der Waals surface area contributed by atoms with Crippen LogP contribution in [-0.4, -0.2) is 34.6 Å². The Balaban J connectivity index is 1.66. The monoisotopic (exact) mass is 517 g/mol. The van der Waals surface area contributed by atoms with Gasteiger partial charge in [0.1, 0.15) is 23.4 Å². The van der Waals surface area contributed by atoms with Gasteiger partial charge in [-0.25, -0.2) is 4.39 Å². The maximum Gasteiger partial charge on any atom is 0.305 e. The number of carbonyl (C=O) groups is 1. The number of methoxy groups -OCH3 is 1. The van der Waals surface area contributed by atoms with Crippen LogP contribution in [0.3, 0.4) is 0 Å². The zero-order valence-electron chi connectivity index (χ0n) is 17.3. The molecule has 1 saturated heterocycles. The highest BCUT2D eigenvalue weighted by Gasteiger charge is 2.41. The van der Waals surface area contributed by atoms with Crippen LogP contribution < -0.4 is 5.32 Å². The van der Waals surface area contributed by atoms with Gasteiger partial charge in [-0.1, -0.05) is 6.07 Å². The number of nitrogens with zero attached hydrogens (tertiary/aromatic N) is 2. The van der Waals surface area contributed by atoms with Gasteiger partial charge in [0.2, 0.25) is 0 Å². The molecule has 0 radical (unpaired) electrons. The molecular formula is C23H21BrFN3O3S. The zero-order chi connectivity index (χ0) is 22.7. The van der Waals surface area contributed by atoms with E-state index in [4.69, 9.17) is 21.4 Å². The van der Waals surface area contributed by atoms with E-state index in [9.17, 15) is 9.18 Å². The number of carbonyl (C=O) groups excluding carboxylic acids is 1. The van der Waals surface area contributed by atoms with Gasteiger partial charge in [-0.3, -0.25) is 9.78 Å². The topological polar surface area (TPSA) is 67.6 Å². The van der Waals surface area contributed by atoms with E-state index in [1.807, 2.05) is 35.2 Å². The summed E-state index contributed by atoms with van der Waals surface area (Å²) in [6.07, 6.45) is 2.61. The molecule has 2 aromatic heterocycles. The predicted molar refractivity (Wildman–Crippen MR) is 125 cm³/mol. The van der Waals surface area contributed by atoms with E-state index in [1.165, 1.54) is 19.2 Å². The van der Waals surface area contributed by atoms with Crippen LogP contribution in [0, 0.1) is 5.82 Å². The second-order valence-electron chi connectivity index (χ2n) is 7.33. The molecule has 0 aliphatic carbocycles. The number of rotatable bonds is 7. The predicted octanol–water partition coefficient (Wildman–Crippen LogP) is 5.17. The maximum absolute atomic E-state index is 13.5.